The van der Waals surface area contributed by atoms with Gasteiger partial charge in [0.25, 0.3) is 0 Å². The monoisotopic (exact) mass is 288 g/mol. The van der Waals surface area contributed by atoms with Gasteiger partial charge in [0.1, 0.15) is 5.60 Å². The molecular formula is C17H36O3. The predicted octanol–water partition coefficient (Wildman–Crippen LogP) is 4.67. The standard InChI is InChI=1S/C17H36O3/c1-5-6-7-8-9-10-11-12-13-14-15-17(2,18)16(19-3)20-4/h16,18H,5-15H2,1-4H3. The van der Waals surface area contributed by atoms with Crippen LogP contribution in [0.25, 0.3) is 0 Å². The van der Waals surface area contributed by atoms with E-state index in [-0.39, 0.29) is 0 Å². The minimum atomic E-state index is -0.885. The number of rotatable bonds is 14. The molecule has 0 aliphatic heterocycles. The van der Waals surface area contributed by atoms with Crippen LogP contribution in [0.3, 0.4) is 0 Å². The third-order valence-corrected chi connectivity index (χ3v) is 3.97. The fraction of sp³-hybridized carbons (Fsp3) is 1.00. The summed E-state index contributed by atoms with van der Waals surface area (Å²) in [5.74, 6) is 0. The minimum Gasteiger partial charge on any atom is -0.385 e. The minimum absolute atomic E-state index is 0.527. The van der Waals surface area contributed by atoms with Gasteiger partial charge in [0.05, 0.1) is 0 Å². The van der Waals surface area contributed by atoms with Crippen molar-refractivity contribution < 1.29 is 14.6 Å². The van der Waals surface area contributed by atoms with Gasteiger partial charge in [0.15, 0.2) is 6.29 Å². The van der Waals surface area contributed by atoms with Crippen molar-refractivity contribution in [1.82, 2.24) is 0 Å². The molecule has 0 bridgehead atoms. The predicted molar refractivity (Wildman–Crippen MR) is 84.9 cm³/mol. The Morgan fingerprint density at radius 3 is 1.60 bits per heavy atom. The molecule has 1 N–H and O–H groups in total. The van der Waals surface area contributed by atoms with Gasteiger partial charge in [0, 0.05) is 14.2 Å². The molecule has 3 heteroatoms. The number of hydrogen-bond donors (Lipinski definition) is 1. The smallest absolute Gasteiger partial charge is 0.185 e. The lowest BCUT2D eigenvalue weighted by Gasteiger charge is -2.30. The highest BCUT2D eigenvalue weighted by Crippen LogP contribution is 2.22. The Morgan fingerprint density at radius 1 is 0.800 bits per heavy atom. The highest BCUT2D eigenvalue weighted by atomic mass is 16.7. The zero-order valence-corrected chi connectivity index (χ0v) is 14.1. The van der Waals surface area contributed by atoms with Gasteiger partial charge >= 0.3 is 0 Å². The van der Waals surface area contributed by atoms with Gasteiger partial charge in [-0.1, -0.05) is 71.1 Å². The summed E-state index contributed by atoms with van der Waals surface area (Å²) >= 11 is 0. The molecule has 122 valence electrons. The maximum atomic E-state index is 10.2. The highest BCUT2D eigenvalue weighted by Gasteiger charge is 2.31. The molecule has 0 aromatic rings. The molecule has 1 atom stereocenters. The largest absolute Gasteiger partial charge is 0.385 e. The van der Waals surface area contributed by atoms with E-state index in [2.05, 4.69) is 6.92 Å². The van der Waals surface area contributed by atoms with E-state index in [0.717, 1.165) is 12.8 Å². The van der Waals surface area contributed by atoms with E-state index in [4.69, 9.17) is 9.47 Å². The third kappa shape index (κ3) is 9.73. The van der Waals surface area contributed by atoms with Crippen molar-refractivity contribution in [3.63, 3.8) is 0 Å². The fourth-order valence-corrected chi connectivity index (χ4v) is 2.69. The van der Waals surface area contributed by atoms with E-state index in [1.807, 2.05) is 0 Å². The van der Waals surface area contributed by atoms with Crippen LogP contribution in [0.1, 0.15) is 84.5 Å². The zero-order chi connectivity index (χ0) is 15.3. The molecule has 0 saturated carbocycles. The first-order valence-electron chi connectivity index (χ1n) is 8.36. The van der Waals surface area contributed by atoms with E-state index >= 15 is 0 Å². The van der Waals surface area contributed by atoms with Gasteiger partial charge in [-0.25, -0.2) is 0 Å². The van der Waals surface area contributed by atoms with E-state index < -0.39 is 11.9 Å². The van der Waals surface area contributed by atoms with Crippen LogP contribution < -0.4 is 0 Å². The summed E-state index contributed by atoms with van der Waals surface area (Å²) in [7, 11) is 3.14. The van der Waals surface area contributed by atoms with Crippen molar-refractivity contribution in [3.05, 3.63) is 0 Å². The Bertz CT molecular complexity index is 200. The molecule has 0 aliphatic rings. The Labute approximate surface area is 126 Å². The van der Waals surface area contributed by atoms with Gasteiger partial charge in [-0.05, 0) is 13.3 Å². The topological polar surface area (TPSA) is 38.7 Å². The molecule has 0 amide bonds. The Kier molecular flexibility index (Phi) is 12.5. The molecule has 0 radical (unpaired) electrons. The van der Waals surface area contributed by atoms with Crippen LogP contribution in [-0.4, -0.2) is 31.2 Å². The van der Waals surface area contributed by atoms with Crippen LogP contribution in [0.4, 0.5) is 0 Å². The maximum Gasteiger partial charge on any atom is 0.185 e. The summed E-state index contributed by atoms with van der Waals surface area (Å²) in [5, 5.41) is 10.2. The first-order chi connectivity index (χ1) is 9.58. The normalized spacial score (nSPS) is 14.7. The molecule has 3 nitrogen and oxygen atoms in total. The van der Waals surface area contributed by atoms with E-state index in [0.29, 0.717) is 0 Å². The molecule has 0 aromatic carbocycles. The molecule has 0 heterocycles. The molecule has 0 aromatic heterocycles. The van der Waals surface area contributed by atoms with Crippen molar-refractivity contribution in [1.29, 1.82) is 0 Å². The lowest BCUT2D eigenvalue weighted by Crippen LogP contribution is -2.41. The second-order valence-corrected chi connectivity index (χ2v) is 6.09. The summed E-state index contributed by atoms with van der Waals surface area (Å²) in [6.07, 6.45) is 13.3. The third-order valence-electron chi connectivity index (χ3n) is 3.97. The Hall–Kier alpha value is -0.120. The van der Waals surface area contributed by atoms with Crippen LogP contribution >= 0.6 is 0 Å². The van der Waals surface area contributed by atoms with Gasteiger partial charge in [-0.15, -0.1) is 0 Å². The average Bonchev–Trinajstić information content (AvgIpc) is 2.42. The molecule has 20 heavy (non-hydrogen) atoms. The number of methoxy groups -OCH3 is 2. The Morgan fingerprint density at radius 2 is 1.20 bits per heavy atom. The Balaban J connectivity index is 3.43. The highest BCUT2D eigenvalue weighted by molar-refractivity contribution is 4.76. The zero-order valence-electron chi connectivity index (χ0n) is 14.1. The molecular weight excluding hydrogens is 252 g/mol. The van der Waals surface area contributed by atoms with Crippen molar-refractivity contribution >= 4 is 0 Å². The van der Waals surface area contributed by atoms with Crippen molar-refractivity contribution in [2.45, 2.75) is 96.4 Å². The quantitative estimate of drug-likeness (QED) is 0.373. The van der Waals surface area contributed by atoms with E-state index in [9.17, 15) is 5.11 Å². The number of unbranched alkanes of at least 4 members (excludes halogenated alkanes) is 9. The fourth-order valence-electron chi connectivity index (χ4n) is 2.69. The summed E-state index contributed by atoms with van der Waals surface area (Å²) in [5.41, 5.74) is -0.885. The lowest BCUT2D eigenvalue weighted by atomic mass is 9.96. The molecule has 0 spiro atoms. The molecule has 0 rings (SSSR count). The summed E-state index contributed by atoms with van der Waals surface area (Å²) in [6, 6.07) is 0. The summed E-state index contributed by atoms with van der Waals surface area (Å²) in [4.78, 5) is 0. The SMILES string of the molecule is CCCCCCCCCCCCC(C)(O)C(OC)OC. The maximum absolute atomic E-state index is 10.2. The van der Waals surface area contributed by atoms with Gasteiger partial charge in [0.2, 0.25) is 0 Å². The van der Waals surface area contributed by atoms with Gasteiger partial charge < -0.3 is 14.6 Å². The molecule has 0 saturated heterocycles. The van der Waals surface area contributed by atoms with E-state index in [1.165, 1.54) is 57.8 Å². The van der Waals surface area contributed by atoms with Crippen LogP contribution in [0.15, 0.2) is 0 Å². The van der Waals surface area contributed by atoms with Crippen LogP contribution in [0.5, 0.6) is 0 Å². The van der Waals surface area contributed by atoms with Crippen LogP contribution in [0, 0.1) is 0 Å². The van der Waals surface area contributed by atoms with Gasteiger partial charge in [-0.3, -0.25) is 0 Å². The molecule has 1 unspecified atom stereocenters. The van der Waals surface area contributed by atoms with Crippen LogP contribution in [0.2, 0.25) is 0 Å². The van der Waals surface area contributed by atoms with Crippen molar-refractivity contribution in [2.75, 3.05) is 14.2 Å². The number of aliphatic hydroxyl groups is 1. The second-order valence-electron chi connectivity index (χ2n) is 6.09. The molecule has 0 fully saturated rings. The second kappa shape index (κ2) is 12.6. The summed E-state index contributed by atoms with van der Waals surface area (Å²) in [6.45, 7) is 4.05. The van der Waals surface area contributed by atoms with Gasteiger partial charge in [-0.2, -0.15) is 0 Å². The first-order valence-corrected chi connectivity index (χ1v) is 8.36. The van der Waals surface area contributed by atoms with Crippen molar-refractivity contribution in [2.24, 2.45) is 0 Å². The van der Waals surface area contributed by atoms with Crippen LogP contribution in [-0.2, 0) is 9.47 Å². The van der Waals surface area contributed by atoms with Crippen molar-refractivity contribution in [3.8, 4) is 0 Å². The number of ether oxygens (including phenoxy) is 2. The summed E-state index contributed by atoms with van der Waals surface area (Å²) < 4.78 is 10.3. The molecule has 0 aliphatic carbocycles. The first kappa shape index (κ1) is 19.9. The average molecular weight is 288 g/mol. The number of hydrogen-bond acceptors (Lipinski definition) is 3. The lowest BCUT2D eigenvalue weighted by molar-refractivity contribution is -0.210. The van der Waals surface area contributed by atoms with E-state index in [1.54, 1.807) is 21.1 Å².